The van der Waals surface area contributed by atoms with E-state index < -0.39 is 15.8 Å². The molecule has 1 aromatic carbocycles. The number of pyridine rings is 1. The van der Waals surface area contributed by atoms with Gasteiger partial charge in [-0.15, -0.1) is 0 Å². The number of benzene rings is 1. The van der Waals surface area contributed by atoms with Crippen molar-refractivity contribution in [3.05, 3.63) is 53.1 Å². The van der Waals surface area contributed by atoms with Gasteiger partial charge >= 0.3 is 0 Å². The predicted molar refractivity (Wildman–Crippen MR) is 74.1 cm³/mol. The molecule has 0 amide bonds. The number of nitrogen functional groups attached to an aromatic ring is 1. The van der Waals surface area contributed by atoms with Crippen molar-refractivity contribution in [3.8, 4) is 0 Å². The van der Waals surface area contributed by atoms with E-state index in [0.717, 1.165) is 17.7 Å². The molecule has 2 aromatic rings. The van der Waals surface area contributed by atoms with Crippen molar-refractivity contribution in [3.63, 3.8) is 0 Å². The molecule has 20 heavy (non-hydrogen) atoms. The number of hydrogen-bond acceptors (Lipinski definition) is 4. The third kappa shape index (κ3) is 3.24. The summed E-state index contributed by atoms with van der Waals surface area (Å²) < 4.78 is 39.7. The van der Waals surface area contributed by atoms with Crippen LogP contribution in [0.1, 0.15) is 5.56 Å². The van der Waals surface area contributed by atoms with Crippen molar-refractivity contribution >= 4 is 27.3 Å². The van der Waals surface area contributed by atoms with Crippen molar-refractivity contribution in [1.82, 2.24) is 9.71 Å². The monoisotopic (exact) mass is 315 g/mol. The van der Waals surface area contributed by atoms with E-state index in [1.807, 2.05) is 0 Å². The summed E-state index contributed by atoms with van der Waals surface area (Å²) in [7, 11) is -3.88. The molecule has 0 spiro atoms. The molecule has 106 valence electrons. The van der Waals surface area contributed by atoms with Crippen molar-refractivity contribution in [2.24, 2.45) is 0 Å². The lowest BCUT2D eigenvalue weighted by Gasteiger charge is -2.09. The zero-order chi connectivity index (χ0) is 14.8. The largest absolute Gasteiger partial charge is 0.396 e. The molecule has 5 nitrogen and oxygen atoms in total. The van der Waals surface area contributed by atoms with Gasteiger partial charge in [-0.2, -0.15) is 0 Å². The molecule has 8 heteroatoms. The summed E-state index contributed by atoms with van der Waals surface area (Å²) >= 11 is 5.74. The number of hydrogen-bond donors (Lipinski definition) is 2. The Kier molecular flexibility index (Phi) is 4.22. The van der Waals surface area contributed by atoms with Crippen LogP contribution in [0.4, 0.5) is 10.1 Å². The zero-order valence-corrected chi connectivity index (χ0v) is 11.7. The minimum absolute atomic E-state index is 0.0679. The first-order valence-corrected chi connectivity index (χ1v) is 7.39. The Balaban J connectivity index is 2.25. The highest BCUT2D eigenvalue weighted by atomic mass is 35.5. The van der Waals surface area contributed by atoms with E-state index in [9.17, 15) is 12.8 Å². The maximum Gasteiger partial charge on any atom is 0.242 e. The third-order valence-electron chi connectivity index (χ3n) is 2.56. The average Bonchev–Trinajstić information content (AvgIpc) is 2.42. The second kappa shape index (κ2) is 5.74. The molecule has 0 aliphatic carbocycles. The van der Waals surface area contributed by atoms with E-state index in [1.54, 1.807) is 24.5 Å². The second-order valence-corrected chi connectivity index (χ2v) is 6.13. The summed E-state index contributed by atoms with van der Waals surface area (Å²) in [6, 6.07) is 5.21. The van der Waals surface area contributed by atoms with E-state index in [2.05, 4.69) is 9.71 Å². The van der Waals surface area contributed by atoms with Crippen LogP contribution in [0.3, 0.4) is 0 Å². The topological polar surface area (TPSA) is 85.1 Å². The first-order chi connectivity index (χ1) is 9.40. The highest BCUT2D eigenvalue weighted by Gasteiger charge is 2.19. The lowest BCUT2D eigenvalue weighted by atomic mass is 10.3. The van der Waals surface area contributed by atoms with Gasteiger partial charge < -0.3 is 5.73 Å². The van der Waals surface area contributed by atoms with Crippen LogP contribution in [0, 0.1) is 5.82 Å². The van der Waals surface area contributed by atoms with Gasteiger partial charge in [0.2, 0.25) is 10.0 Å². The van der Waals surface area contributed by atoms with E-state index in [-0.39, 0.29) is 22.2 Å². The van der Waals surface area contributed by atoms with Crippen LogP contribution >= 0.6 is 11.6 Å². The van der Waals surface area contributed by atoms with Gasteiger partial charge in [0.25, 0.3) is 0 Å². The van der Waals surface area contributed by atoms with Gasteiger partial charge in [-0.1, -0.05) is 11.6 Å². The summed E-state index contributed by atoms with van der Waals surface area (Å²) in [6.45, 7) is 0.0679. The summed E-state index contributed by atoms with van der Waals surface area (Å²) in [4.78, 5) is 3.57. The van der Waals surface area contributed by atoms with Gasteiger partial charge in [0, 0.05) is 18.9 Å². The molecule has 0 aliphatic rings. The number of anilines is 1. The lowest BCUT2D eigenvalue weighted by molar-refractivity contribution is 0.580. The molecule has 3 N–H and O–H groups in total. The highest BCUT2D eigenvalue weighted by Crippen LogP contribution is 2.26. The Hall–Kier alpha value is -1.70. The number of nitrogens with two attached hydrogens (primary N) is 1. The Labute approximate surface area is 120 Å². The van der Waals surface area contributed by atoms with Crippen molar-refractivity contribution in [2.45, 2.75) is 11.4 Å². The molecule has 1 heterocycles. The molecule has 1 aromatic heterocycles. The second-order valence-electron chi connectivity index (χ2n) is 3.98. The highest BCUT2D eigenvalue weighted by molar-refractivity contribution is 7.89. The minimum Gasteiger partial charge on any atom is -0.396 e. The molecule has 0 fully saturated rings. The van der Waals surface area contributed by atoms with E-state index >= 15 is 0 Å². The number of nitrogens with one attached hydrogen (secondary N) is 1. The summed E-state index contributed by atoms with van der Waals surface area (Å²) in [6.07, 6.45) is 3.10. The summed E-state index contributed by atoms with van der Waals surface area (Å²) in [5.41, 5.74) is 5.81. The van der Waals surface area contributed by atoms with Crippen molar-refractivity contribution in [2.75, 3.05) is 5.73 Å². The van der Waals surface area contributed by atoms with E-state index in [0.29, 0.717) is 0 Å². The normalized spacial score (nSPS) is 11.5. The van der Waals surface area contributed by atoms with Crippen LogP contribution in [-0.2, 0) is 16.6 Å². The van der Waals surface area contributed by atoms with Crippen molar-refractivity contribution < 1.29 is 12.8 Å². The quantitative estimate of drug-likeness (QED) is 0.844. The Bertz CT molecular complexity index is 723. The van der Waals surface area contributed by atoms with Gasteiger partial charge in [0.1, 0.15) is 10.7 Å². The standard InChI is InChI=1S/C12H11ClFN3O2S/c13-9-5-10(14)11(15)6-12(9)20(18,19)17-7-8-1-3-16-4-2-8/h1-6,17H,7,15H2. The first-order valence-electron chi connectivity index (χ1n) is 5.53. The van der Waals surface area contributed by atoms with Gasteiger partial charge in [0.05, 0.1) is 10.7 Å². The van der Waals surface area contributed by atoms with Crippen LogP contribution < -0.4 is 10.5 Å². The number of rotatable bonds is 4. The van der Waals surface area contributed by atoms with Gasteiger partial charge in [-0.25, -0.2) is 17.5 Å². The minimum atomic E-state index is -3.88. The number of aromatic nitrogens is 1. The smallest absolute Gasteiger partial charge is 0.242 e. The van der Waals surface area contributed by atoms with Crippen molar-refractivity contribution in [1.29, 1.82) is 0 Å². The molecule has 2 rings (SSSR count). The van der Waals surface area contributed by atoms with E-state index in [4.69, 9.17) is 17.3 Å². The molecule has 0 radical (unpaired) electrons. The molecular formula is C12H11ClFN3O2S. The van der Waals surface area contributed by atoms with Gasteiger partial charge in [0.15, 0.2) is 0 Å². The average molecular weight is 316 g/mol. The fourth-order valence-corrected chi connectivity index (χ4v) is 3.07. The van der Waals surface area contributed by atoms with E-state index in [1.165, 1.54) is 0 Å². The zero-order valence-electron chi connectivity index (χ0n) is 10.2. The Morgan fingerprint density at radius 1 is 1.30 bits per heavy atom. The molecular weight excluding hydrogens is 305 g/mol. The number of sulfonamides is 1. The number of halogens is 2. The van der Waals surface area contributed by atoms with Crippen LogP contribution in [0.5, 0.6) is 0 Å². The lowest BCUT2D eigenvalue weighted by Crippen LogP contribution is -2.23. The Morgan fingerprint density at radius 2 is 1.95 bits per heavy atom. The summed E-state index contributed by atoms with van der Waals surface area (Å²) in [5.74, 6) is -0.761. The molecule has 0 bridgehead atoms. The number of nitrogens with zero attached hydrogens (tertiary/aromatic N) is 1. The SMILES string of the molecule is Nc1cc(S(=O)(=O)NCc2ccncc2)c(Cl)cc1F. The van der Waals surface area contributed by atoms with Crippen LogP contribution in [0.25, 0.3) is 0 Å². The summed E-state index contributed by atoms with van der Waals surface area (Å²) in [5, 5.41) is -0.223. The molecule has 0 unspecified atom stereocenters. The Morgan fingerprint density at radius 3 is 2.60 bits per heavy atom. The first kappa shape index (κ1) is 14.7. The van der Waals surface area contributed by atoms with Crippen LogP contribution in [0.15, 0.2) is 41.6 Å². The third-order valence-corrected chi connectivity index (χ3v) is 4.42. The molecule has 0 saturated carbocycles. The van der Waals surface area contributed by atoms with Crippen LogP contribution in [-0.4, -0.2) is 13.4 Å². The fraction of sp³-hybridized carbons (Fsp3) is 0.0833. The predicted octanol–water partition coefficient (Wildman–Crippen LogP) is 1.93. The molecule has 0 atom stereocenters. The fourth-order valence-electron chi connectivity index (χ4n) is 1.51. The molecule has 0 saturated heterocycles. The van der Waals surface area contributed by atoms with Gasteiger partial charge in [-0.3, -0.25) is 4.98 Å². The van der Waals surface area contributed by atoms with Crippen LogP contribution in [0.2, 0.25) is 5.02 Å². The molecule has 0 aliphatic heterocycles. The maximum atomic E-state index is 13.2. The maximum absolute atomic E-state index is 13.2. The van der Waals surface area contributed by atoms with Gasteiger partial charge in [-0.05, 0) is 29.8 Å².